The average Bonchev–Trinajstić information content (AvgIpc) is 2.50. The van der Waals surface area contributed by atoms with Crippen LogP contribution in [0.4, 0.5) is 8.78 Å². The molecule has 1 aromatic carbocycles. The third kappa shape index (κ3) is 7.21. The Labute approximate surface area is 129 Å². The molecule has 0 amide bonds. The van der Waals surface area contributed by atoms with Crippen LogP contribution in [0.5, 0.6) is 5.75 Å². The summed E-state index contributed by atoms with van der Waals surface area (Å²) in [5.41, 5.74) is 0.911. The van der Waals surface area contributed by atoms with Crippen LogP contribution in [0.25, 0.3) is 0 Å². The van der Waals surface area contributed by atoms with Gasteiger partial charge in [0.2, 0.25) is 0 Å². The molecule has 0 aliphatic carbocycles. The number of benzene rings is 1. The van der Waals surface area contributed by atoms with E-state index in [0.29, 0.717) is 24.9 Å². The summed E-state index contributed by atoms with van der Waals surface area (Å²) in [5.74, 6) is 1.07. The standard InChI is InChI=1S/C15H23F2N3O2/c1-11(9-21-3)20-15(18-2)19-8-12-5-4-6-13(7-12)22-10-14(16)17/h4-7,11,14H,8-10H2,1-3H3,(H2,18,19,20). The number of aliphatic imine (C=N–C) groups is 1. The van der Waals surface area contributed by atoms with Crippen LogP contribution in [0.3, 0.4) is 0 Å². The lowest BCUT2D eigenvalue weighted by atomic mass is 10.2. The van der Waals surface area contributed by atoms with Crippen molar-refractivity contribution in [1.29, 1.82) is 0 Å². The molecule has 2 N–H and O–H groups in total. The molecule has 22 heavy (non-hydrogen) atoms. The van der Waals surface area contributed by atoms with Gasteiger partial charge in [-0.2, -0.15) is 0 Å². The Morgan fingerprint density at radius 3 is 2.73 bits per heavy atom. The van der Waals surface area contributed by atoms with Gasteiger partial charge < -0.3 is 20.1 Å². The smallest absolute Gasteiger partial charge is 0.272 e. The van der Waals surface area contributed by atoms with E-state index in [1.807, 2.05) is 13.0 Å². The molecule has 7 heteroatoms. The fraction of sp³-hybridized carbons (Fsp3) is 0.533. The number of halogens is 2. The molecule has 0 spiro atoms. The minimum absolute atomic E-state index is 0.122. The van der Waals surface area contributed by atoms with Crippen LogP contribution in [0.1, 0.15) is 12.5 Å². The molecule has 1 unspecified atom stereocenters. The highest BCUT2D eigenvalue weighted by Gasteiger charge is 2.06. The highest BCUT2D eigenvalue weighted by Crippen LogP contribution is 2.14. The Bertz CT molecular complexity index is 470. The van der Waals surface area contributed by atoms with Crippen molar-refractivity contribution < 1.29 is 18.3 Å². The van der Waals surface area contributed by atoms with Crippen molar-refractivity contribution in [3.05, 3.63) is 29.8 Å². The van der Waals surface area contributed by atoms with E-state index in [-0.39, 0.29) is 6.04 Å². The zero-order valence-corrected chi connectivity index (χ0v) is 13.1. The number of ether oxygens (including phenoxy) is 2. The van der Waals surface area contributed by atoms with Crippen molar-refractivity contribution in [2.45, 2.75) is 25.9 Å². The normalized spacial score (nSPS) is 13.1. The molecule has 5 nitrogen and oxygen atoms in total. The van der Waals surface area contributed by atoms with Gasteiger partial charge in [-0.3, -0.25) is 4.99 Å². The van der Waals surface area contributed by atoms with Crippen LogP contribution >= 0.6 is 0 Å². The molecule has 0 aromatic heterocycles. The second-order valence-electron chi connectivity index (χ2n) is 4.78. The van der Waals surface area contributed by atoms with Crippen LogP contribution in [0.15, 0.2) is 29.3 Å². The molecular formula is C15H23F2N3O2. The summed E-state index contributed by atoms with van der Waals surface area (Å²) in [6, 6.07) is 7.15. The van der Waals surface area contributed by atoms with Crippen LogP contribution in [-0.2, 0) is 11.3 Å². The van der Waals surface area contributed by atoms with Gasteiger partial charge in [0.25, 0.3) is 6.43 Å². The molecule has 1 atom stereocenters. The molecule has 0 bridgehead atoms. The van der Waals surface area contributed by atoms with Gasteiger partial charge >= 0.3 is 0 Å². The Hall–Kier alpha value is -1.89. The minimum Gasteiger partial charge on any atom is -0.488 e. The Kier molecular flexibility index (Phi) is 8.21. The first kappa shape index (κ1) is 18.2. The first-order chi connectivity index (χ1) is 10.5. The largest absolute Gasteiger partial charge is 0.488 e. The van der Waals surface area contributed by atoms with E-state index in [9.17, 15) is 8.78 Å². The molecule has 0 saturated carbocycles. The van der Waals surface area contributed by atoms with Gasteiger partial charge in [-0.25, -0.2) is 8.78 Å². The predicted molar refractivity (Wildman–Crippen MR) is 82.6 cm³/mol. The second kappa shape index (κ2) is 9.94. The third-order valence-electron chi connectivity index (χ3n) is 2.76. The number of hydrogen-bond acceptors (Lipinski definition) is 3. The van der Waals surface area contributed by atoms with Gasteiger partial charge in [-0.05, 0) is 24.6 Å². The molecule has 0 aliphatic heterocycles. The monoisotopic (exact) mass is 315 g/mol. The van der Waals surface area contributed by atoms with Crippen molar-refractivity contribution in [1.82, 2.24) is 10.6 Å². The van der Waals surface area contributed by atoms with E-state index in [2.05, 4.69) is 15.6 Å². The SMILES string of the molecule is CN=C(NCc1cccc(OCC(F)F)c1)NC(C)COC. The van der Waals surface area contributed by atoms with Crippen molar-refractivity contribution in [3.63, 3.8) is 0 Å². The lowest BCUT2D eigenvalue weighted by Gasteiger charge is -2.17. The highest BCUT2D eigenvalue weighted by molar-refractivity contribution is 5.79. The Morgan fingerprint density at radius 2 is 2.09 bits per heavy atom. The van der Waals surface area contributed by atoms with E-state index in [0.717, 1.165) is 5.56 Å². The molecule has 1 aromatic rings. The number of guanidine groups is 1. The van der Waals surface area contributed by atoms with Gasteiger partial charge in [-0.1, -0.05) is 12.1 Å². The van der Waals surface area contributed by atoms with Gasteiger partial charge in [0.15, 0.2) is 5.96 Å². The second-order valence-corrected chi connectivity index (χ2v) is 4.78. The summed E-state index contributed by atoms with van der Waals surface area (Å²) in [4.78, 5) is 4.12. The summed E-state index contributed by atoms with van der Waals surface area (Å²) in [5, 5.41) is 6.32. The molecular weight excluding hydrogens is 292 g/mol. The molecule has 0 fully saturated rings. The number of hydrogen-bond donors (Lipinski definition) is 2. The molecule has 124 valence electrons. The number of methoxy groups -OCH3 is 1. The first-order valence-electron chi connectivity index (χ1n) is 7.01. The van der Waals surface area contributed by atoms with Crippen molar-refractivity contribution in [2.75, 3.05) is 27.4 Å². The van der Waals surface area contributed by atoms with Crippen molar-refractivity contribution in [2.24, 2.45) is 4.99 Å². The van der Waals surface area contributed by atoms with Gasteiger partial charge in [0, 0.05) is 26.7 Å². The zero-order valence-electron chi connectivity index (χ0n) is 13.1. The number of nitrogens with one attached hydrogen (secondary N) is 2. The lowest BCUT2D eigenvalue weighted by molar-refractivity contribution is 0.0818. The number of nitrogens with zero attached hydrogens (tertiary/aromatic N) is 1. The Balaban J connectivity index is 2.50. The van der Waals surface area contributed by atoms with E-state index in [4.69, 9.17) is 9.47 Å². The quantitative estimate of drug-likeness (QED) is 0.569. The minimum atomic E-state index is -2.48. The van der Waals surface area contributed by atoms with E-state index < -0.39 is 13.0 Å². The molecule has 1 rings (SSSR count). The number of rotatable bonds is 8. The maximum Gasteiger partial charge on any atom is 0.272 e. The van der Waals surface area contributed by atoms with E-state index >= 15 is 0 Å². The molecule has 0 saturated heterocycles. The van der Waals surface area contributed by atoms with Crippen molar-refractivity contribution >= 4 is 5.96 Å². The summed E-state index contributed by atoms with van der Waals surface area (Å²) in [7, 11) is 3.32. The summed E-state index contributed by atoms with van der Waals surface area (Å²) in [6.45, 7) is 2.45. The van der Waals surface area contributed by atoms with Crippen LogP contribution < -0.4 is 15.4 Å². The fourth-order valence-corrected chi connectivity index (χ4v) is 1.81. The Morgan fingerprint density at radius 1 is 1.32 bits per heavy atom. The maximum atomic E-state index is 12.1. The van der Waals surface area contributed by atoms with Gasteiger partial charge in [-0.15, -0.1) is 0 Å². The van der Waals surface area contributed by atoms with Crippen LogP contribution in [-0.4, -0.2) is 45.8 Å². The van der Waals surface area contributed by atoms with Crippen molar-refractivity contribution in [3.8, 4) is 5.75 Å². The lowest BCUT2D eigenvalue weighted by Crippen LogP contribution is -2.43. The average molecular weight is 315 g/mol. The topological polar surface area (TPSA) is 54.9 Å². The van der Waals surface area contributed by atoms with Gasteiger partial charge in [0.05, 0.1) is 6.61 Å². The van der Waals surface area contributed by atoms with E-state index in [1.165, 1.54) is 0 Å². The molecule has 0 aliphatic rings. The first-order valence-corrected chi connectivity index (χ1v) is 7.01. The number of alkyl halides is 2. The molecule has 0 heterocycles. The van der Waals surface area contributed by atoms with E-state index in [1.54, 1.807) is 32.4 Å². The fourth-order valence-electron chi connectivity index (χ4n) is 1.81. The maximum absolute atomic E-state index is 12.1. The van der Waals surface area contributed by atoms with Crippen LogP contribution in [0.2, 0.25) is 0 Å². The van der Waals surface area contributed by atoms with Crippen LogP contribution in [0, 0.1) is 0 Å². The highest BCUT2D eigenvalue weighted by atomic mass is 19.3. The third-order valence-corrected chi connectivity index (χ3v) is 2.76. The predicted octanol–water partition coefficient (Wildman–Crippen LogP) is 2.03. The summed E-state index contributed by atoms with van der Waals surface area (Å²) < 4.78 is 34.3. The van der Waals surface area contributed by atoms with Gasteiger partial charge in [0.1, 0.15) is 12.4 Å². The molecule has 0 radical (unpaired) electrons. The zero-order chi connectivity index (χ0) is 16.4. The summed E-state index contributed by atoms with van der Waals surface area (Å²) in [6.07, 6.45) is -2.48. The summed E-state index contributed by atoms with van der Waals surface area (Å²) >= 11 is 0.